The van der Waals surface area contributed by atoms with Crippen molar-refractivity contribution in [3.8, 4) is 0 Å². The first-order valence-electron chi connectivity index (χ1n) is 9.89. The van der Waals surface area contributed by atoms with E-state index in [2.05, 4.69) is 47.2 Å². The maximum atomic E-state index is 12.1. The van der Waals surface area contributed by atoms with Gasteiger partial charge in [-0.15, -0.1) is 12.4 Å². The minimum absolute atomic E-state index is 0. The molecule has 154 valence electrons. The number of rotatable bonds is 10. The zero-order chi connectivity index (χ0) is 19.6. The third-order valence-corrected chi connectivity index (χ3v) is 4.66. The molecular weight excluding hydrogens is 372 g/mol. The van der Waals surface area contributed by atoms with Gasteiger partial charge in [0.25, 0.3) is 0 Å². The molecule has 6 heteroatoms. The Bertz CT molecular complexity index is 710. The van der Waals surface area contributed by atoms with E-state index >= 15 is 0 Å². The molecule has 1 amide bonds. The summed E-state index contributed by atoms with van der Waals surface area (Å²) in [6.45, 7) is 8.27. The molecule has 1 aromatic carbocycles. The van der Waals surface area contributed by atoms with Crippen molar-refractivity contribution >= 4 is 35.5 Å². The second-order valence-corrected chi connectivity index (χ2v) is 6.89. The molecule has 0 unspecified atom stereocenters. The summed E-state index contributed by atoms with van der Waals surface area (Å²) in [4.78, 5) is 18.7. The first kappa shape index (κ1) is 23.8. The van der Waals surface area contributed by atoms with Crippen LogP contribution in [0.4, 0.5) is 17.2 Å². The Hall–Kier alpha value is -2.27. The molecule has 0 aliphatic carbocycles. The number of hydrogen-bond donors (Lipinski definition) is 2. The van der Waals surface area contributed by atoms with Gasteiger partial charge in [0.15, 0.2) is 0 Å². The van der Waals surface area contributed by atoms with Crippen molar-refractivity contribution in [2.45, 2.75) is 52.9 Å². The van der Waals surface area contributed by atoms with Gasteiger partial charge in [0.1, 0.15) is 5.82 Å². The summed E-state index contributed by atoms with van der Waals surface area (Å²) in [7, 11) is 0. The number of carbonyl (C=O) groups excluding carboxylic acids is 1. The van der Waals surface area contributed by atoms with E-state index < -0.39 is 0 Å². The van der Waals surface area contributed by atoms with Gasteiger partial charge in [0, 0.05) is 36.6 Å². The minimum Gasteiger partial charge on any atom is -0.384 e. The Morgan fingerprint density at radius 3 is 2.36 bits per heavy atom. The highest BCUT2D eigenvalue weighted by atomic mass is 35.5. The molecule has 0 radical (unpaired) electrons. The lowest BCUT2D eigenvalue weighted by atomic mass is 10.1. The van der Waals surface area contributed by atoms with Crippen LogP contribution in [-0.2, 0) is 11.2 Å². The van der Waals surface area contributed by atoms with E-state index in [1.807, 2.05) is 25.1 Å². The van der Waals surface area contributed by atoms with E-state index in [0.29, 0.717) is 12.2 Å². The molecular formula is C22H33ClN4O. The van der Waals surface area contributed by atoms with Crippen LogP contribution < -0.4 is 16.0 Å². The van der Waals surface area contributed by atoms with E-state index in [1.54, 1.807) is 0 Å². The molecule has 0 saturated carbocycles. The third kappa shape index (κ3) is 7.77. The average molecular weight is 405 g/mol. The lowest BCUT2D eigenvalue weighted by molar-refractivity contribution is -0.116. The third-order valence-electron chi connectivity index (χ3n) is 4.66. The Labute approximate surface area is 175 Å². The molecule has 2 rings (SSSR count). The number of amides is 1. The number of aryl methyl sites for hydroxylation is 2. The predicted molar refractivity (Wildman–Crippen MR) is 121 cm³/mol. The Balaban J connectivity index is 0.00000392. The molecule has 3 N–H and O–H groups in total. The highest BCUT2D eigenvalue weighted by Crippen LogP contribution is 2.18. The molecule has 0 saturated heterocycles. The van der Waals surface area contributed by atoms with E-state index in [0.717, 1.165) is 55.7 Å². The molecule has 1 aromatic heterocycles. The van der Waals surface area contributed by atoms with Crippen molar-refractivity contribution in [1.82, 2.24) is 4.98 Å². The molecule has 0 bridgehead atoms. The van der Waals surface area contributed by atoms with Gasteiger partial charge in [-0.1, -0.05) is 6.42 Å². The van der Waals surface area contributed by atoms with Crippen LogP contribution >= 0.6 is 12.4 Å². The lowest BCUT2D eigenvalue weighted by Crippen LogP contribution is -2.21. The zero-order valence-corrected chi connectivity index (χ0v) is 18.0. The fourth-order valence-corrected chi connectivity index (χ4v) is 3.23. The van der Waals surface area contributed by atoms with Gasteiger partial charge in [-0.2, -0.15) is 0 Å². The van der Waals surface area contributed by atoms with Crippen molar-refractivity contribution in [2.75, 3.05) is 29.0 Å². The van der Waals surface area contributed by atoms with E-state index in [1.165, 1.54) is 5.69 Å². The first-order chi connectivity index (χ1) is 13.0. The second-order valence-electron chi connectivity index (χ2n) is 6.89. The van der Waals surface area contributed by atoms with Gasteiger partial charge in [-0.25, -0.2) is 4.98 Å². The molecule has 1 heterocycles. The number of nitrogens with zero attached hydrogens (tertiary/aromatic N) is 2. The number of hydrogen-bond acceptors (Lipinski definition) is 4. The maximum Gasteiger partial charge on any atom is 0.224 e. The number of benzene rings is 1. The summed E-state index contributed by atoms with van der Waals surface area (Å²) in [6, 6.07) is 12.0. The van der Waals surface area contributed by atoms with Crippen molar-refractivity contribution in [2.24, 2.45) is 0 Å². The van der Waals surface area contributed by atoms with Gasteiger partial charge < -0.3 is 16.0 Å². The second kappa shape index (κ2) is 12.2. The Kier molecular flexibility index (Phi) is 10.4. The number of aromatic nitrogens is 1. The molecule has 5 nitrogen and oxygen atoms in total. The van der Waals surface area contributed by atoms with Gasteiger partial charge in [0.05, 0.1) is 0 Å². The van der Waals surface area contributed by atoms with Crippen molar-refractivity contribution in [3.05, 3.63) is 47.7 Å². The summed E-state index contributed by atoms with van der Waals surface area (Å²) >= 11 is 0. The average Bonchev–Trinajstić information content (AvgIpc) is 2.63. The van der Waals surface area contributed by atoms with Crippen LogP contribution in [0.25, 0.3) is 0 Å². The predicted octanol–water partition coefficient (Wildman–Crippen LogP) is 4.98. The molecule has 0 fully saturated rings. The molecule has 0 aliphatic heterocycles. The van der Waals surface area contributed by atoms with Crippen LogP contribution in [0.2, 0.25) is 0 Å². The summed E-state index contributed by atoms with van der Waals surface area (Å²) in [6.07, 6.45) is 4.34. The van der Waals surface area contributed by atoms with Crippen LogP contribution in [0.1, 0.15) is 50.8 Å². The number of nitrogen functional groups attached to an aromatic ring is 1. The van der Waals surface area contributed by atoms with Crippen molar-refractivity contribution in [3.63, 3.8) is 0 Å². The standard InChI is InChI=1S/C22H32N4O.ClH/c1-4-26(5-2)20-13-11-18(12-14-20)25-22(27)10-8-6-7-9-19-15-17(3)16-21(23)24-19;/h11-16H,4-10H2,1-3H3,(H2,23,24)(H,25,27);1H. The summed E-state index contributed by atoms with van der Waals surface area (Å²) < 4.78 is 0. The fraction of sp³-hybridized carbons (Fsp3) is 0.455. The zero-order valence-electron chi connectivity index (χ0n) is 17.2. The van der Waals surface area contributed by atoms with Crippen molar-refractivity contribution in [1.29, 1.82) is 0 Å². The number of nitrogens with two attached hydrogens (primary N) is 1. The number of nitrogens with one attached hydrogen (secondary N) is 1. The van der Waals surface area contributed by atoms with Crippen LogP contribution in [0.3, 0.4) is 0 Å². The number of unbranched alkanes of at least 4 members (excludes halogenated alkanes) is 2. The fourth-order valence-electron chi connectivity index (χ4n) is 3.23. The Morgan fingerprint density at radius 2 is 1.75 bits per heavy atom. The van der Waals surface area contributed by atoms with Gasteiger partial charge in [-0.05, 0) is 82.0 Å². The summed E-state index contributed by atoms with van der Waals surface area (Å²) in [5.74, 6) is 0.653. The van der Waals surface area contributed by atoms with Gasteiger partial charge in [0.2, 0.25) is 5.91 Å². The molecule has 28 heavy (non-hydrogen) atoms. The Morgan fingerprint density at radius 1 is 1.07 bits per heavy atom. The summed E-state index contributed by atoms with van der Waals surface area (Å²) in [5.41, 5.74) is 9.99. The quantitative estimate of drug-likeness (QED) is 0.547. The van der Waals surface area contributed by atoms with Crippen LogP contribution in [0.5, 0.6) is 0 Å². The minimum atomic E-state index is 0. The topological polar surface area (TPSA) is 71.2 Å². The highest BCUT2D eigenvalue weighted by molar-refractivity contribution is 5.90. The van der Waals surface area contributed by atoms with E-state index in [9.17, 15) is 4.79 Å². The highest BCUT2D eigenvalue weighted by Gasteiger charge is 2.05. The van der Waals surface area contributed by atoms with E-state index in [-0.39, 0.29) is 18.3 Å². The van der Waals surface area contributed by atoms with Gasteiger partial charge >= 0.3 is 0 Å². The first-order valence-corrected chi connectivity index (χ1v) is 9.89. The number of anilines is 3. The summed E-state index contributed by atoms with van der Waals surface area (Å²) in [5, 5.41) is 2.98. The van der Waals surface area contributed by atoms with Crippen LogP contribution in [0, 0.1) is 6.92 Å². The number of pyridine rings is 1. The number of carbonyl (C=O) groups is 1. The molecule has 0 spiro atoms. The normalized spacial score (nSPS) is 10.2. The monoisotopic (exact) mass is 404 g/mol. The molecule has 2 aromatic rings. The largest absolute Gasteiger partial charge is 0.384 e. The molecule has 0 atom stereocenters. The van der Waals surface area contributed by atoms with Crippen molar-refractivity contribution < 1.29 is 4.79 Å². The van der Waals surface area contributed by atoms with Crippen LogP contribution in [0.15, 0.2) is 36.4 Å². The smallest absolute Gasteiger partial charge is 0.224 e. The molecule has 0 aliphatic rings. The maximum absolute atomic E-state index is 12.1. The van der Waals surface area contributed by atoms with Crippen LogP contribution in [-0.4, -0.2) is 24.0 Å². The van der Waals surface area contributed by atoms with E-state index in [4.69, 9.17) is 5.73 Å². The lowest BCUT2D eigenvalue weighted by Gasteiger charge is -2.21. The SMILES string of the molecule is CCN(CC)c1ccc(NC(=O)CCCCCc2cc(C)cc(N)n2)cc1.Cl. The number of halogens is 1. The van der Waals surface area contributed by atoms with Gasteiger partial charge in [-0.3, -0.25) is 4.79 Å².